The lowest BCUT2D eigenvalue weighted by Gasteiger charge is -2.13. The van der Waals surface area contributed by atoms with Gasteiger partial charge in [-0.3, -0.25) is 0 Å². The lowest BCUT2D eigenvalue weighted by Crippen LogP contribution is -2.14. The van der Waals surface area contributed by atoms with Crippen molar-refractivity contribution in [3.05, 3.63) is 24.0 Å². The number of hydrogen-bond donors (Lipinski definition) is 1. The summed E-state index contributed by atoms with van der Waals surface area (Å²) in [5.41, 5.74) is 0.264. The zero-order chi connectivity index (χ0) is 9.14. The Bertz CT molecular complexity index is 265. The van der Waals surface area contributed by atoms with Crippen LogP contribution < -0.4 is 0 Å². The molecule has 1 rings (SSSR count). The third-order valence-corrected chi connectivity index (χ3v) is 1.85. The van der Waals surface area contributed by atoms with Gasteiger partial charge in [-0.25, -0.2) is 14.4 Å². The molecule has 0 aliphatic heterocycles. The van der Waals surface area contributed by atoms with Crippen LogP contribution in [0.5, 0.6) is 0 Å². The standard InChI is InChI=1S/C8H11FN2O/c1-5(6(2)12)8-7(9)3-10-4-11-8/h3-6,12H,1-2H3/t5-,6+/m1/s1. The maximum absolute atomic E-state index is 13.0. The maximum atomic E-state index is 13.0. The first kappa shape index (κ1) is 9.06. The predicted octanol–water partition coefficient (Wildman–Crippen LogP) is 1.10. The lowest BCUT2D eigenvalue weighted by molar-refractivity contribution is 0.165. The van der Waals surface area contributed by atoms with Crippen LogP contribution in [0.1, 0.15) is 25.5 Å². The molecule has 3 nitrogen and oxygen atoms in total. The highest BCUT2D eigenvalue weighted by Crippen LogP contribution is 2.18. The van der Waals surface area contributed by atoms with Gasteiger partial charge in [0.25, 0.3) is 0 Å². The number of nitrogens with zero attached hydrogens (tertiary/aromatic N) is 2. The number of halogens is 1. The van der Waals surface area contributed by atoms with Crippen LogP contribution in [0.25, 0.3) is 0 Å². The van der Waals surface area contributed by atoms with E-state index in [0.29, 0.717) is 0 Å². The number of rotatable bonds is 2. The van der Waals surface area contributed by atoms with Crippen molar-refractivity contribution in [1.82, 2.24) is 9.97 Å². The van der Waals surface area contributed by atoms with Gasteiger partial charge in [0.15, 0.2) is 5.82 Å². The summed E-state index contributed by atoms with van der Waals surface area (Å²) >= 11 is 0. The highest BCUT2D eigenvalue weighted by Gasteiger charge is 2.16. The molecule has 0 aliphatic carbocycles. The minimum Gasteiger partial charge on any atom is -0.393 e. The molecular weight excluding hydrogens is 159 g/mol. The van der Waals surface area contributed by atoms with E-state index in [2.05, 4.69) is 9.97 Å². The van der Waals surface area contributed by atoms with E-state index in [1.807, 2.05) is 0 Å². The summed E-state index contributed by atoms with van der Waals surface area (Å²) in [6.45, 7) is 3.32. The summed E-state index contributed by atoms with van der Waals surface area (Å²) in [6.07, 6.45) is 1.77. The molecule has 0 bridgehead atoms. The van der Waals surface area contributed by atoms with Crippen molar-refractivity contribution in [3.63, 3.8) is 0 Å². The summed E-state index contributed by atoms with van der Waals surface area (Å²) in [4.78, 5) is 7.27. The third-order valence-electron chi connectivity index (χ3n) is 1.85. The van der Waals surface area contributed by atoms with Crippen LogP contribution in [0.4, 0.5) is 4.39 Å². The largest absolute Gasteiger partial charge is 0.393 e. The zero-order valence-corrected chi connectivity index (χ0v) is 7.03. The van der Waals surface area contributed by atoms with Gasteiger partial charge in [0, 0.05) is 5.92 Å². The minimum atomic E-state index is -0.602. The van der Waals surface area contributed by atoms with Crippen molar-refractivity contribution in [2.45, 2.75) is 25.9 Å². The molecule has 1 N–H and O–H groups in total. The molecule has 12 heavy (non-hydrogen) atoms. The summed E-state index contributed by atoms with van der Waals surface area (Å²) in [5.74, 6) is -0.765. The fourth-order valence-electron chi connectivity index (χ4n) is 0.886. The molecule has 0 fully saturated rings. The summed E-state index contributed by atoms with van der Waals surface area (Å²) in [5, 5.41) is 9.17. The molecule has 66 valence electrons. The number of hydrogen-bond acceptors (Lipinski definition) is 3. The van der Waals surface area contributed by atoms with Crippen LogP contribution in [0.2, 0.25) is 0 Å². The van der Waals surface area contributed by atoms with Gasteiger partial charge in [0.2, 0.25) is 0 Å². The molecule has 1 aromatic rings. The quantitative estimate of drug-likeness (QED) is 0.722. The van der Waals surface area contributed by atoms with E-state index >= 15 is 0 Å². The topological polar surface area (TPSA) is 46.0 Å². The molecule has 0 saturated carbocycles. The first-order valence-electron chi connectivity index (χ1n) is 3.76. The van der Waals surface area contributed by atoms with Crippen LogP contribution in [-0.2, 0) is 0 Å². The van der Waals surface area contributed by atoms with Crippen LogP contribution in [0, 0.1) is 5.82 Å². The van der Waals surface area contributed by atoms with Gasteiger partial charge in [-0.2, -0.15) is 0 Å². The smallest absolute Gasteiger partial charge is 0.163 e. The maximum Gasteiger partial charge on any atom is 0.163 e. The molecule has 0 aromatic carbocycles. The van der Waals surface area contributed by atoms with Crippen molar-refractivity contribution < 1.29 is 9.50 Å². The normalized spacial score (nSPS) is 15.7. The van der Waals surface area contributed by atoms with Gasteiger partial charge in [-0.05, 0) is 6.92 Å². The molecule has 0 saturated heterocycles. The number of aromatic nitrogens is 2. The molecule has 2 atom stereocenters. The van der Waals surface area contributed by atoms with E-state index in [-0.39, 0.29) is 11.6 Å². The molecule has 0 aliphatic rings. The van der Waals surface area contributed by atoms with E-state index in [1.165, 1.54) is 6.33 Å². The van der Waals surface area contributed by atoms with Gasteiger partial charge < -0.3 is 5.11 Å². The van der Waals surface area contributed by atoms with E-state index in [4.69, 9.17) is 0 Å². The van der Waals surface area contributed by atoms with Gasteiger partial charge in [-0.1, -0.05) is 6.92 Å². The monoisotopic (exact) mass is 170 g/mol. The average Bonchev–Trinajstić information content (AvgIpc) is 2.04. The first-order valence-corrected chi connectivity index (χ1v) is 3.76. The second-order valence-corrected chi connectivity index (χ2v) is 2.79. The van der Waals surface area contributed by atoms with Crippen LogP contribution >= 0.6 is 0 Å². The number of aliphatic hydroxyl groups excluding tert-OH is 1. The molecule has 0 unspecified atom stereocenters. The van der Waals surface area contributed by atoms with Gasteiger partial charge in [-0.15, -0.1) is 0 Å². The van der Waals surface area contributed by atoms with E-state index in [1.54, 1.807) is 13.8 Å². The van der Waals surface area contributed by atoms with Gasteiger partial charge in [0.1, 0.15) is 6.33 Å². The van der Waals surface area contributed by atoms with Gasteiger partial charge in [0.05, 0.1) is 18.0 Å². The molecule has 0 spiro atoms. The Morgan fingerprint density at radius 2 is 2.17 bits per heavy atom. The average molecular weight is 170 g/mol. The molecule has 4 heteroatoms. The van der Waals surface area contributed by atoms with Crippen LogP contribution in [-0.4, -0.2) is 21.2 Å². The molecule has 0 radical (unpaired) electrons. The highest BCUT2D eigenvalue weighted by atomic mass is 19.1. The molecular formula is C8H11FN2O. The van der Waals surface area contributed by atoms with Crippen LogP contribution in [0.15, 0.2) is 12.5 Å². The Morgan fingerprint density at radius 1 is 1.50 bits per heavy atom. The fourth-order valence-corrected chi connectivity index (χ4v) is 0.886. The third kappa shape index (κ3) is 1.76. The molecule has 1 aromatic heterocycles. The second-order valence-electron chi connectivity index (χ2n) is 2.79. The Hall–Kier alpha value is -1.03. The van der Waals surface area contributed by atoms with Crippen molar-refractivity contribution >= 4 is 0 Å². The first-order chi connectivity index (χ1) is 5.63. The van der Waals surface area contributed by atoms with Gasteiger partial charge >= 0.3 is 0 Å². The van der Waals surface area contributed by atoms with E-state index in [9.17, 15) is 9.50 Å². The Labute approximate surface area is 70.3 Å². The second kappa shape index (κ2) is 3.58. The minimum absolute atomic E-state index is 0.264. The Morgan fingerprint density at radius 3 is 2.67 bits per heavy atom. The van der Waals surface area contributed by atoms with Crippen molar-refractivity contribution in [2.75, 3.05) is 0 Å². The van der Waals surface area contributed by atoms with E-state index in [0.717, 1.165) is 6.20 Å². The Balaban J connectivity index is 2.94. The SMILES string of the molecule is C[C@H](O)[C@@H](C)c1ncncc1F. The van der Waals surface area contributed by atoms with Crippen LogP contribution in [0.3, 0.4) is 0 Å². The van der Waals surface area contributed by atoms with E-state index < -0.39 is 11.9 Å². The fraction of sp³-hybridized carbons (Fsp3) is 0.500. The highest BCUT2D eigenvalue weighted by molar-refractivity contribution is 5.08. The molecule has 1 heterocycles. The number of aliphatic hydroxyl groups is 1. The summed E-state index contributed by atoms with van der Waals surface area (Å²) in [7, 11) is 0. The van der Waals surface area contributed by atoms with Crippen molar-refractivity contribution in [2.24, 2.45) is 0 Å². The predicted molar refractivity (Wildman–Crippen MR) is 42.1 cm³/mol. The molecule has 0 amide bonds. The van der Waals surface area contributed by atoms with Crippen molar-refractivity contribution in [1.29, 1.82) is 0 Å². The summed E-state index contributed by atoms with van der Waals surface area (Å²) in [6, 6.07) is 0. The zero-order valence-electron chi connectivity index (χ0n) is 7.03. The van der Waals surface area contributed by atoms with Crippen molar-refractivity contribution in [3.8, 4) is 0 Å². The lowest BCUT2D eigenvalue weighted by atomic mass is 10.0. The Kier molecular flexibility index (Phi) is 2.70. The summed E-state index contributed by atoms with van der Waals surface area (Å²) < 4.78 is 13.0.